The zero-order valence-electron chi connectivity index (χ0n) is 22.0. The maximum Gasteiger partial charge on any atom is 0.418 e. The fourth-order valence-corrected chi connectivity index (χ4v) is 7.29. The largest absolute Gasteiger partial charge is 0.495 e. The van der Waals surface area contributed by atoms with Crippen molar-refractivity contribution in [3.05, 3.63) is 35.7 Å². The third-order valence-corrected chi connectivity index (χ3v) is 9.64. The molecule has 2 saturated heterocycles. The van der Waals surface area contributed by atoms with E-state index in [2.05, 4.69) is 25.2 Å². The number of piperidine rings is 1. The number of nitrogens with zero attached hydrogens (tertiary/aromatic N) is 4. The first-order valence-corrected chi connectivity index (χ1v) is 14.9. The molecule has 4 heterocycles. The molecular formula is C26H31F3N6O4S. The number of halogens is 3. The maximum atomic E-state index is 13.8. The number of hydrogen-bond donors (Lipinski definition) is 2. The number of benzene rings is 1. The second kappa shape index (κ2) is 10.5. The molecule has 10 nitrogen and oxygen atoms in total. The molecule has 216 valence electrons. The van der Waals surface area contributed by atoms with Gasteiger partial charge in [-0.1, -0.05) is 0 Å². The van der Waals surface area contributed by atoms with Crippen LogP contribution < -0.4 is 10.1 Å². The van der Waals surface area contributed by atoms with E-state index in [0.717, 1.165) is 38.3 Å². The highest BCUT2D eigenvalue weighted by Crippen LogP contribution is 2.46. The highest BCUT2D eigenvalue weighted by atomic mass is 32.2. The molecule has 3 fully saturated rings. The molecular weight excluding hydrogens is 549 g/mol. The van der Waals surface area contributed by atoms with Crippen LogP contribution in [0.1, 0.15) is 49.3 Å². The molecule has 1 aromatic carbocycles. The number of methoxy groups -OCH3 is 1. The molecule has 2 aliphatic heterocycles. The molecule has 0 amide bonds. The zero-order chi connectivity index (χ0) is 28.1. The Balaban J connectivity index is 1.30. The summed E-state index contributed by atoms with van der Waals surface area (Å²) in [7, 11) is -2.41. The average Bonchev–Trinajstić information content (AvgIpc) is 3.70. The molecule has 40 heavy (non-hydrogen) atoms. The minimum absolute atomic E-state index is 0.00897. The summed E-state index contributed by atoms with van der Waals surface area (Å²) < 4.78 is 80.9. The Hall–Kier alpha value is -2.94. The van der Waals surface area contributed by atoms with Crippen LogP contribution >= 0.6 is 0 Å². The van der Waals surface area contributed by atoms with E-state index in [-0.39, 0.29) is 39.7 Å². The second-order valence-electron chi connectivity index (χ2n) is 10.4. The van der Waals surface area contributed by atoms with Gasteiger partial charge in [-0.05, 0) is 44.2 Å². The number of hydrogen-bond acceptors (Lipinski definition) is 8. The first-order chi connectivity index (χ1) is 19.2. The van der Waals surface area contributed by atoms with Crippen LogP contribution in [-0.2, 0) is 20.9 Å². The summed E-state index contributed by atoms with van der Waals surface area (Å²) in [6.45, 7) is 2.95. The van der Waals surface area contributed by atoms with Gasteiger partial charge in [0.05, 0.1) is 53.7 Å². The van der Waals surface area contributed by atoms with Crippen molar-refractivity contribution < 1.29 is 31.1 Å². The highest BCUT2D eigenvalue weighted by molar-refractivity contribution is 7.89. The van der Waals surface area contributed by atoms with Gasteiger partial charge in [-0.3, -0.25) is 4.90 Å². The monoisotopic (exact) mass is 580 g/mol. The summed E-state index contributed by atoms with van der Waals surface area (Å²) in [6, 6.07) is 4.53. The van der Waals surface area contributed by atoms with Crippen molar-refractivity contribution in [3.63, 3.8) is 0 Å². The van der Waals surface area contributed by atoms with Gasteiger partial charge in [0.1, 0.15) is 11.4 Å². The molecule has 1 atom stereocenters. The highest BCUT2D eigenvalue weighted by Gasteiger charge is 2.39. The van der Waals surface area contributed by atoms with Gasteiger partial charge < -0.3 is 19.8 Å². The van der Waals surface area contributed by atoms with E-state index in [1.54, 1.807) is 10.4 Å². The molecule has 6 rings (SSSR count). The summed E-state index contributed by atoms with van der Waals surface area (Å²) in [6.07, 6.45) is 0.175. The number of sulfonamides is 1. The Morgan fingerprint density at radius 2 is 1.88 bits per heavy atom. The predicted molar refractivity (Wildman–Crippen MR) is 141 cm³/mol. The predicted octanol–water partition coefficient (Wildman–Crippen LogP) is 4.44. The summed E-state index contributed by atoms with van der Waals surface area (Å²) in [5.74, 6) is 0.281. The van der Waals surface area contributed by atoms with Crippen molar-refractivity contribution in [2.24, 2.45) is 0 Å². The Morgan fingerprint density at radius 1 is 1.10 bits per heavy atom. The van der Waals surface area contributed by atoms with Crippen LogP contribution in [0.4, 0.5) is 24.8 Å². The Kier molecular flexibility index (Phi) is 7.13. The lowest BCUT2D eigenvalue weighted by atomic mass is 10.1. The first-order valence-electron chi connectivity index (χ1n) is 13.4. The molecule has 1 unspecified atom stereocenters. The summed E-state index contributed by atoms with van der Waals surface area (Å²) in [5.41, 5.74) is 0.0485. The fourth-order valence-electron chi connectivity index (χ4n) is 5.59. The van der Waals surface area contributed by atoms with E-state index in [9.17, 15) is 21.6 Å². The van der Waals surface area contributed by atoms with Crippen LogP contribution in [0.25, 0.3) is 11.0 Å². The molecule has 1 aliphatic carbocycles. The number of aromatic nitrogens is 3. The standard InChI is InChI=1S/C26H31F3N6O4S/c1-38-20-14-17(40(36,37)35-9-3-2-4-21(35)34-10-12-39-13-11-34)7-8-19(20)31-25-32-23(16-5-6-16)22-18(26(27,28)29)15-30-24(22)33-25/h7-8,14-16,21H,2-6,9-13H2,1H3,(H2,30,31,32,33). The lowest BCUT2D eigenvalue weighted by Crippen LogP contribution is -2.55. The van der Waals surface area contributed by atoms with Gasteiger partial charge in [-0.25, -0.2) is 13.4 Å². The minimum atomic E-state index is -4.53. The van der Waals surface area contributed by atoms with E-state index in [1.165, 1.54) is 19.2 Å². The topological polar surface area (TPSA) is 113 Å². The normalized spacial score (nSPS) is 21.6. The van der Waals surface area contributed by atoms with Gasteiger partial charge in [0.25, 0.3) is 0 Å². The number of rotatable bonds is 7. The van der Waals surface area contributed by atoms with Crippen LogP contribution in [0.2, 0.25) is 0 Å². The van der Waals surface area contributed by atoms with Crippen molar-refractivity contribution in [3.8, 4) is 5.75 Å². The molecule has 1 saturated carbocycles. The smallest absolute Gasteiger partial charge is 0.418 e. The van der Waals surface area contributed by atoms with Crippen molar-refractivity contribution in [2.75, 3.05) is 45.3 Å². The number of nitrogens with one attached hydrogen (secondary N) is 2. The maximum absolute atomic E-state index is 13.8. The van der Waals surface area contributed by atoms with Crippen molar-refractivity contribution >= 4 is 32.7 Å². The molecule has 14 heteroatoms. The van der Waals surface area contributed by atoms with Crippen LogP contribution in [0.5, 0.6) is 5.75 Å². The summed E-state index contributed by atoms with van der Waals surface area (Å²) in [4.78, 5) is 13.6. The molecule has 3 aromatic rings. The van der Waals surface area contributed by atoms with Gasteiger partial charge >= 0.3 is 6.18 Å². The van der Waals surface area contributed by atoms with Crippen LogP contribution in [0.3, 0.4) is 0 Å². The minimum Gasteiger partial charge on any atom is -0.495 e. The van der Waals surface area contributed by atoms with Gasteiger partial charge in [-0.2, -0.15) is 22.5 Å². The van der Waals surface area contributed by atoms with Crippen molar-refractivity contribution in [2.45, 2.75) is 55.3 Å². The van der Waals surface area contributed by atoms with E-state index in [1.807, 2.05) is 0 Å². The average molecular weight is 581 g/mol. The van der Waals surface area contributed by atoms with Gasteiger partial charge in [-0.15, -0.1) is 0 Å². The second-order valence-corrected chi connectivity index (χ2v) is 12.2. The number of fused-ring (bicyclic) bond motifs is 1. The Bertz CT molecular complexity index is 1500. The first kappa shape index (κ1) is 27.2. The summed E-state index contributed by atoms with van der Waals surface area (Å²) in [5, 5.41) is 3.02. The van der Waals surface area contributed by atoms with Crippen LogP contribution in [0.15, 0.2) is 29.3 Å². The van der Waals surface area contributed by atoms with Gasteiger partial charge in [0, 0.05) is 37.8 Å². The lowest BCUT2D eigenvalue weighted by Gasteiger charge is -2.43. The molecule has 0 spiro atoms. The van der Waals surface area contributed by atoms with E-state index < -0.39 is 21.8 Å². The zero-order valence-corrected chi connectivity index (χ0v) is 22.8. The van der Waals surface area contributed by atoms with Gasteiger partial charge in [0.2, 0.25) is 16.0 Å². The molecule has 0 radical (unpaired) electrons. The van der Waals surface area contributed by atoms with Crippen LogP contribution in [0, 0.1) is 0 Å². The number of alkyl halides is 3. The molecule has 0 bridgehead atoms. The number of H-pyrrole nitrogens is 1. The van der Waals surface area contributed by atoms with Crippen LogP contribution in [-0.4, -0.2) is 78.7 Å². The molecule has 3 aliphatic rings. The Labute approximate surface area is 229 Å². The van der Waals surface area contributed by atoms with Crippen molar-refractivity contribution in [1.29, 1.82) is 0 Å². The quantitative estimate of drug-likeness (QED) is 0.422. The number of aromatic amines is 1. The van der Waals surface area contributed by atoms with E-state index in [4.69, 9.17) is 9.47 Å². The number of ether oxygens (including phenoxy) is 2. The third-order valence-electron chi connectivity index (χ3n) is 7.75. The van der Waals surface area contributed by atoms with E-state index in [0.29, 0.717) is 44.2 Å². The number of morpholine rings is 1. The summed E-state index contributed by atoms with van der Waals surface area (Å²) >= 11 is 0. The fraction of sp³-hybridized carbons (Fsp3) is 0.538. The van der Waals surface area contributed by atoms with Crippen molar-refractivity contribution in [1.82, 2.24) is 24.2 Å². The van der Waals surface area contributed by atoms with Gasteiger partial charge in [0.15, 0.2) is 0 Å². The Morgan fingerprint density at radius 3 is 2.58 bits per heavy atom. The third kappa shape index (κ3) is 5.13. The molecule has 2 aromatic heterocycles. The lowest BCUT2D eigenvalue weighted by molar-refractivity contribution is -0.136. The molecule has 2 N–H and O–H groups in total. The number of anilines is 2. The SMILES string of the molecule is COc1cc(S(=O)(=O)N2CCCCC2N2CCOCC2)ccc1Nc1nc(C2CC2)c2c(C(F)(F)F)c[nH]c2n1. The van der Waals surface area contributed by atoms with E-state index >= 15 is 0 Å².